The average molecular weight is 581 g/mol. The predicted octanol–water partition coefficient (Wildman–Crippen LogP) is 6.22. The number of nitrogens with zero attached hydrogens (tertiary/aromatic N) is 4. The smallest absolute Gasteiger partial charge is 0.322 e. The zero-order valence-electron chi connectivity index (χ0n) is 22.8. The van der Waals surface area contributed by atoms with Crippen LogP contribution < -0.4 is 10.2 Å². The number of benzene rings is 3. The van der Waals surface area contributed by atoms with Gasteiger partial charge in [0, 0.05) is 57.6 Å². The fourth-order valence-corrected chi connectivity index (χ4v) is 5.98. The minimum absolute atomic E-state index is 0.0155. The van der Waals surface area contributed by atoms with E-state index in [1.807, 2.05) is 73.8 Å². The number of rotatable bonds is 7. The minimum Gasteiger partial charge on any atom is -0.368 e. The lowest BCUT2D eigenvalue weighted by atomic mass is 10.1. The molecule has 0 bridgehead atoms. The van der Waals surface area contributed by atoms with E-state index in [2.05, 4.69) is 15.1 Å². The maximum Gasteiger partial charge on any atom is 0.322 e. The van der Waals surface area contributed by atoms with Crippen molar-refractivity contribution >= 4 is 46.5 Å². The fraction of sp³-hybridized carbons (Fsp3) is 0.355. The van der Waals surface area contributed by atoms with Crippen LogP contribution in [0.25, 0.3) is 0 Å². The number of piperazine rings is 1. The molecule has 7 nitrogen and oxygen atoms in total. The van der Waals surface area contributed by atoms with Gasteiger partial charge < -0.3 is 20.0 Å². The molecule has 3 amide bonds. The topological polar surface area (TPSA) is 59.1 Å². The summed E-state index contributed by atoms with van der Waals surface area (Å²) in [4.78, 5) is 34.0. The Morgan fingerprint density at radius 2 is 1.45 bits per heavy atom. The number of hydrogen-bond donors (Lipinski definition) is 1. The molecule has 0 saturated carbocycles. The first-order valence-corrected chi connectivity index (χ1v) is 14.5. The van der Waals surface area contributed by atoms with E-state index in [1.54, 1.807) is 9.80 Å². The number of amides is 3. The van der Waals surface area contributed by atoms with Crippen LogP contribution in [0.1, 0.15) is 34.3 Å². The van der Waals surface area contributed by atoms with Gasteiger partial charge in [-0.1, -0.05) is 53.5 Å². The summed E-state index contributed by atoms with van der Waals surface area (Å²) < 4.78 is 0. The van der Waals surface area contributed by atoms with Crippen molar-refractivity contribution in [1.82, 2.24) is 14.7 Å². The van der Waals surface area contributed by atoms with Crippen LogP contribution in [0.2, 0.25) is 10.0 Å². The molecule has 3 aromatic carbocycles. The van der Waals surface area contributed by atoms with E-state index in [0.29, 0.717) is 54.0 Å². The molecule has 9 heteroatoms. The lowest BCUT2D eigenvalue weighted by Crippen LogP contribution is -2.50. The summed E-state index contributed by atoms with van der Waals surface area (Å²) in [5.74, 6) is -0.0155. The van der Waals surface area contributed by atoms with Crippen molar-refractivity contribution in [3.8, 4) is 0 Å². The van der Waals surface area contributed by atoms with Crippen molar-refractivity contribution in [3.63, 3.8) is 0 Å². The van der Waals surface area contributed by atoms with Gasteiger partial charge in [0.25, 0.3) is 5.91 Å². The molecule has 5 rings (SSSR count). The third-order valence-corrected chi connectivity index (χ3v) is 8.19. The molecule has 2 aliphatic heterocycles. The summed E-state index contributed by atoms with van der Waals surface area (Å²) in [5.41, 5.74) is 4.29. The van der Waals surface area contributed by atoms with Crippen LogP contribution in [0.3, 0.4) is 0 Å². The Kier molecular flexibility index (Phi) is 9.15. The number of hydrogen-bond acceptors (Lipinski definition) is 4. The molecule has 3 aromatic rings. The molecule has 1 N–H and O–H groups in total. The van der Waals surface area contributed by atoms with Crippen LogP contribution in [0, 0.1) is 0 Å². The first-order valence-electron chi connectivity index (χ1n) is 13.8. The van der Waals surface area contributed by atoms with Crippen LogP contribution in [0.15, 0.2) is 66.7 Å². The van der Waals surface area contributed by atoms with Gasteiger partial charge in [-0.05, 0) is 73.5 Å². The van der Waals surface area contributed by atoms with E-state index in [-0.39, 0.29) is 11.9 Å². The van der Waals surface area contributed by atoms with Crippen molar-refractivity contribution in [1.29, 1.82) is 0 Å². The molecular weight excluding hydrogens is 545 g/mol. The summed E-state index contributed by atoms with van der Waals surface area (Å²) in [6.45, 7) is 6.06. The Hall–Kier alpha value is -3.26. The molecule has 40 heavy (non-hydrogen) atoms. The quantitative estimate of drug-likeness (QED) is 0.361. The van der Waals surface area contributed by atoms with E-state index in [4.69, 9.17) is 23.2 Å². The summed E-state index contributed by atoms with van der Waals surface area (Å²) in [7, 11) is 1.82. The van der Waals surface area contributed by atoms with Gasteiger partial charge in [-0.3, -0.25) is 9.69 Å². The van der Waals surface area contributed by atoms with Crippen LogP contribution in [-0.2, 0) is 13.1 Å². The van der Waals surface area contributed by atoms with Crippen molar-refractivity contribution in [2.24, 2.45) is 0 Å². The molecule has 2 fully saturated rings. The molecule has 0 aromatic heterocycles. The third-order valence-electron chi connectivity index (χ3n) is 7.59. The summed E-state index contributed by atoms with van der Waals surface area (Å²) >= 11 is 13.1. The molecule has 2 saturated heterocycles. The van der Waals surface area contributed by atoms with Gasteiger partial charge in [0.15, 0.2) is 0 Å². The monoisotopic (exact) mass is 579 g/mol. The maximum atomic E-state index is 13.0. The summed E-state index contributed by atoms with van der Waals surface area (Å²) in [5, 5.41) is 3.83. The number of anilines is 2. The first kappa shape index (κ1) is 28.3. The van der Waals surface area contributed by atoms with Crippen LogP contribution in [-0.4, -0.2) is 73.0 Å². The molecule has 0 unspecified atom stereocenters. The van der Waals surface area contributed by atoms with Crippen molar-refractivity contribution < 1.29 is 9.59 Å². The third kappa shape index (κ3) is 6.89. The molecule has 2 aliphatic rings. The Labute approximate surface area is 246 Å². The van der Waals surface area contributed by atoms with E-state index in [9.17, 15) is 9.59 Å². The number of likely N-dealkylation sites (tertiary alicyclic amines) is 1. The molecule has 0 atom stereocenters. The van der Waals surface area contributed by atoms with Crippen molar-refractivity contribution in [2.45, 2.75) is 25.9 Å². The zero-order chi connectivity index (χ0) is 28.1. The second-order valence-corrected chi connectivity index (χ2v) is 11.3. The Morgan fingerprint density at radius 1 is 0.825 bits per heavy atom. The second-order valence-electron chi connectivity index (χ2n) is 10.5. The molecule has 210 valence electrons. The van der Waals surface area contributed by atoms with E-state index in [1.165, 1.54) is 12.8 Å². The average Bonchev–Trinajstić information content (AvgIpc) is 3.48. The molecule has 2 heterocycles. The molecule has 0 spiro atoms. The summed E-state index contributed by atoms with van der Waals surface area (Å²) in [6.07, 6.45) is 2.45. The molecule has 0 aliphatic carbocycles. The Morgan fingerprint density at radius 3 is 2.08 bits per heavy atom. The van der Waals surface area contributed by atoms with Gasteiger partial charge in [-0.25, -0.2) is 4.79 Å². The van der Waals surface area contributed by atoms with Crippen molar-refractivity contribution in [3.05, 3.63) is 93.5 Å². The van der Waals surface area contributed by atoms with Crippen molar-refractivity contribution in [2.75, 3.05) is 56.5 Å². The zero-order valence-corrected chi connectivity index (χ0v) is 24.3. The highest BCUT2D eigenvalue weighted by atomic mass is 35.5. The van der Waals surface area contributed by atoms with Gasteiger partial charge >= 0.3 is 6.03 Å². The Bertz CT molecular complexity index is 1300. The SMILES string of the molecule is CN(Cc1ccccc1)C(=O)c1ccc(N2CCN(C(=O)Nc3c(Cl)cc(CN4CCCC4)cc3Cl)CC2)cc1. The van der Waals surface area contributed by atoms with E-state index in [0.717, 1.165) is 36.4 Å². The van der Waals surface area contributed by atoms with Gasteiger partial charge in [0.1, 0.15) is 0 Å². The number of carbonyl (C=O) groups is 2. The van der Waals surface area contributed by atoms with Crippen LogP contribution in [0.5, 0.6) is 0 Å². The maximum absolute atomic E-state index is 13.0. The number of urea groups is 1. The second kappa shape index (κ2) is 12.9. The van der Waals surface area contributed by atoms with Crippen LogP contribution >= 0.6 is 23.2 Å². The standard InChI is InChI=1S/C31H35Cl2N5O2/c1-35(21-23-7-3-2-4-8-23)30(39)25-9-11-26(12-10-25)37-15-17-38(18-16-37)31(40)34-29-27(32)19-24(20-28(29)33)22-36-13-5-6-14-36/h2-4,7-12,19-20H,5-6,13-18,21-22H2,1H3,(H,34,40). The number of carbonyl (C=O) groups excluding carboxylic acids is 2. The van der Waals surface area contributed by atoms with Gasteiger partial charge in [0.05, 0.1) is 15.7 Å². The highest BCUT2D eigenvalue weighted by Gasteiger charge is 2.23. The van der Waals surface area contributed by atoms with Crippen LogP contribution in [0.4, 0.5) is 16.2 Å². The Balaban J connectivity index is 1.13. The van der Waals surface area contributed by atoms with E-state index >= 15 is 0 Å². The highest BCUT2D eigenvalue weighted by molar-refractivity contribution is 6.39. The predicted molar refractivity (Wildman–Crippen MR) is 162 cm³/mol. The largest absolute Gasteiger partial charge is 0.368 e. The lowest BCUT2D eigenvalue weighted by Gasteiger charge is -2.36. The summed E-state index contributed by atoms with van der Waals surface area (Å²) in [6, 6.07) is 21.2. The lowest BCUT2D eigenvalue weighted by molar-refractivity contribution is 0.0785. The number of halogens is 2. The highest BCUT2D eigenvalue weighted by Crippen LogP contribution is 2.33. The van der Waals surface area contributed by atoms with Gasteiger partial charge in [-0.2, -0.15) is 0 Å². The minimum atomic E-state index is -0.210. The van der Waals surface area contributed by atoms with Gasteiger partial charge in [0.2, 0.25) is 0 Å². The van der Waals surface area contributed by atoms with E-state index < -0.39 is 0 Å². The number of nitrogens with one attached hydrogen (secondary N) is 1. The first-order chi connectivity index (χ1) is 19.4. The molecular formula is C31H35Cl2N5O2. The molecule has 0 radical (unpaired) electrons. The van der Waals surface area contributed by atoms with Gasteiger partial charge in [-0.15, -0.1) is 0 Å². The fourth-order valence-electron chi connectivity index (χ4n) is 5.35. The normalized spacial score (nSPS) is 15.8.